The Kier molecular flexibility index (Phi) is 7.18. The monoisotopic (exact) mass is 469 g/mol. The number of hydrogen-bond acceptors (Lipinski definition) is 4. The lowest BCUT2D eigenvalue weighted by Gasteiger charge is -2.24. The molecule has 0 aliphatic heterocycles. The Morgan fingerprint density at radius 2 is 1.74 bits per heavy atom. The summed E-state index contributed by atoms with van der Waals surface area (Å²) in [6.07, 6.45) is 0.0632. The minimum absolute atomic E-state index is 0.0632. The van der Waals surface area contributed by atoms with E-state index in [-0.39, 0.29) is 12.0 Å². The third-order valence-electron chi connectivity index (χ3n) is 5.31. The number of pyridine rings is 1. The number of nitrogens with one attached hydrogen (secondary N) is 1. The highest BCUT2D eigenvalue weighted by Crippen LogP contribution is 2.28. The van der Waals surface area contributed by atoms with E-state index >= 15 is 0 Å². The van der Waals surface area contributed by atoms with Gasteiger partial charge in [0, 0.05) is 23.2 Å². The average molecular weight is 470 g/mol. The van der Waals surface area contributed by atoms with Crippen molar-refractivity contribution in [1.82, 2.24) is 10.3 Å². The molecular weight excluding hydrogens is 442 g/mol. The average Bonchev–Trinajstić information content (AvgIpc) is 2.84. The molecule has 0 radical (unpaired) electrons. The Morgan fingerprint density at radius 3 is 2.47 bits per heavy atom. The van der Waals surface area contributed by atoms with Crippen molar-refractivity contribution in [2.45, 2.75) is 26.9 Å². The molecular formula is C28H27N3O2S. The highest BCUT2D eigenvalue weighted by Gasteiger charge is 2.18. The maximum absolute atomic E-state index is 13.4. The van der Waals surface area contributed by atoms with E-state index in [1.807, 2.05) is 111 Å². The van der Waals surface area contributed by atoms with Gasteiger partial charge in [0.1, 0.15) is 5.75 Å². The zero-order valence-corrected chi connectivity index (χ0v) is 20.3. The zero-order chi connectivity index (χ0) is 24.1. The fourth-order valence-electron chi connectivity index (χ4n) is 3.80. The van der Waals surface area contributed by atoms with Gasteiger partial charge in [-0.15, -0.1) is 0 Å². The van der Waals surface area contributed by atoms with E-state index in [1.165, 1.54) is 0 Å². The number of amides is 1. The van der Waals surface area contributed by atoms with Gasteiger partial charge in [-0.25, -0.2) is 4.98 Å². The van der Waals surface area contributed by atoms with E-state index in [1.54, 1.807) is 0 Å². The molecule has 0 aliphatic carbocycles. The van der Waals surface area contributed by atoms with Gasteiger partial charge in [-0.05, 0) is 69.4 Å². The van der Waals surface area contributed by atoms with E-state index in [4.69, 9.17) is 21.9 Å². The van der Waals surface area contributed by atoms with Gasteiger partial charge in [0.15, 0.2) is 5.11 Å². The van der Waals surface area contributed by atoms with Gasteiger partial charge in [-0.1, -0.05) is 48.5 Å². The Labute approximate surface area is 205 Å². The highest BCUT2D eigenvalue weighted by molar-refractivity contribution is 7.80. The normalized spacial score (nSPS) is 10.8. The number of hydrogen-bond donors (Lipinski definition) is 1. The van der Waals surface area contributed by atoms with Crippen molar-refractivity contribution in [3.8, 4) is 17.0 Å². The van der Waals surface area contributed by atoms with Crippen LogP contribution >= 0.6 is 12.2 Å². The molecule has 0 bridgehead atoms. The molecule has 1 amide bonds. The highest BCUT2D eigenvalue weighted by atomic mass is 32.1. The molecule has 0 saturated carbocycles. The molecule has 3 aromatic carbocycles. The topological polar surface area (TPSA) is 54.5 Å². The number of anilines is 1. The number of fused-ring (bicyclic) bond motifs is 1. The molecule has 172 valence electrons. The molecule has 1 N–H and O–H groups in total. The summed E-state index contributed by atoms with van der Waals surface area (Å²) in [5, 5.41) is 4.04. The summed E-state index contributed by atoms with van der Waals surface area (Å²) < 4.78 is 5.85. The number of nitrogens with zero attached hydrogens (tertiary/aromatic N) is 2. The fourth-order valence-corrected chi connectivity index (χ4v) is 4.12. The lowest BCUT2D eigenvalue weighted by Crippen LogP contribution is -2.42. The first-order chi connectivity index (χ1) is 16.5. The van der Waals surface area contributed by atoms with Crippen LogP contribution in [0.2, 0.25) is 0 Å². The first-order valence-corrected chi connectivity index (χ1v) is 11.7. The lowest BCUT2D eigenvalue weighted by atomic mass is 10.0. The van der Waals surface area contributed by atoms with Gasteiger partial charge in [0.2, 0.25) is 0 Å². The number of thiocarbonyl (C=S) groups is 1. The van der Waals surface area contributed by atoms with Crippen molar-refractivity contribution < 1.29 is 9.53 Å². The summed E-state index contributed by atoms with van der Waals surface area (Å²) in [7, 11) is 0. The Morgan fingerprint density at radius 1 is 1.00 bits per heavy atom. The zero-order valence-electron chi connectivity index (χ0n) is 19.5. The third kappa shape index (κ3) is 5.24. The number of ether oxygens (including phenoxy) is 1. The number of carbonyl (C=O) groups is 1. The predicted octanol–water partition coefficient (Wildman–Crippen LogP) is 6.23. The van der Waals surface area contributed by atoms with E-state index in [0.29, 0.717) is 22.9 Å². The molecule has 0 unspecified atom stereocenters. The van der Waals surface area contributed by atoms with Crippen LogP contribution in [0.5, 0.6) is 5.75 Å². The van der Waals surface area contributed by atoms with Crippen molar-refractivity contribution in [1.29, 1.82) is 0 Å². The van der Waals surface area contributed by atoms with Crippen LogP contribution in [0.1, 0.15) is 31.1 Å². The lowest BCUT2D eigenvalue weighted by molar-refractivity contribution is 0.0978. The minimum Gasteiger partial charge on any atom is -0.491 e. The van der Waals surface area contributed by atoms with E-state index < -0.39 is 0 Å². The largest absolute Gasteiger partial charge is 0.491 e. The number of para-hydroxylation sites is 2. The second kappa shape index (κ2) is 10.4. The van der Waals surface area contributed by atoms with Crippen LogP contribution in [0, 0.1) is 0 Å². The molecule has 0 saturated heterocycles. The molecule has 5 nitrogen and oxygen atoms in total. The summed E-state index contributed by atoms with van der Waals surface area (Å²) >= 11 is 5.60. The van der Waals surface area contributed by atoms with Gasteiger partial charge < -0.3 is 9.64 Å². The maximum Gasteiger partial charge on any atom is 0.258 e. The van der Waals surface area contributed by atoms with Crippen LogP contribution < -0.4 is 15.0 Å². The van der Waals surface area contributed by atoms with Crippen LogP contribution in [0.4, 0.5) is 5.69 Å². The standard InChI is InChI=1S/C28H27N3O2S/c1-4-31(21-12-6-5-7-13-21)28(34)30-27(32)24-18-26(29-25-16-9-8-15-23(24)25)20-11-10-14-22(17-20)33-19(2)3/h5-19H,4H2,1-3H3,(H,30,32,34). The molecule has 4 rings (SSSR count). The molecule has 0 atom stereocenters. The van der Waals surface area contributed by atoms with Crippen LogP contribution in [-0.4, -0.2) is 28.7 Å². The van der Waals surface area contributed by atoms with Crippen LogP contribution in [0.3, 0.4) is 0 Å². The van der Waals surface area contributed by atoms with Crippen molar-refractivity contribution in [3.05, 3.63) is 90.5 Å². The number of aromatic nitrogens is 1. The van der Waals surface area contributed by atoms with E-state index in [9.17, 15) is 4.79 Å². The second-order valence-electron chi connectivity index (χ2n) is 8.11. The van der Waals surface area contributed by atoms with Crippen LogP contribution in [0.15, 0.2) is 84.9 Å². The number of rotatable bonds is 6. The SMILES string of the molecule is CCN(C(=S)NC(=O)c1cc(-c2cccc(OC(C)C)c2)nc2ccccc12)c1ccccc1. The first kappa shape index (κ1) is 23.4. The van der Waals surface area contributed by atoms with Gasteiger partial charge in [0.05, 0.1) is 22.9 Å². The molecule has 1 aromatic heterocycles. The van der Waals surface area contributed by atoms with E-state index in [0.717, 1.165) is 27.9 Å². The van der Waals surface area contributed by atoms with Gasteiger partial charge in [0.25, 0.3) is 5.91 Å². The quantitative estimate of drug-likeness (QED) is 0.339. The molecule has 34 heavy (non-hydrogen) atoms. The Hall–Kier alpha value is -3.77. The Bertz CT molecular complexity index is 1320. The smallest absolute Gasteiger partial charge is 0.258 e. The summed E-state index contributed by atoms with van der Waals surface area (Å²) in [4.78, 5) is 20.1. The number of benzene rings is 3. The van der Waals surface area contributed by atoms with Crippen LogP contribution in [-0.2, 0) is 0 Å². The summed E-state index contributed by atoms with van der Waals surface area (Å²) in [6, 6.07) is 27.0. The molecule has 4 aromatic rings. The van der Waals surface area contributed by atoms with Gasteiger partial charge >= 0.3 is 0 Å². The van der Waals surface area contributed by atoms with Gasteiger partial charge in [-0.3, -0.25) is 10.1 Å². The van der Waals surface area contributed by atoms with Crippen molar-refractivity contribution in [2.24, 2.45) is 0 Å². The third-order valence-corrected chi connectivity index (χ3v) is 5.63. The van der Waals surface area contributed by atoms with E-state index in [2.05, 4.69) is 5.32 Å². The minimum atomic E-state index is -0.270. The maximum atomic E-state index is 13.4. The Balaban J connectivity index is 1.69. The summed E-state index contributed by atoms with van der Waals surface area (Å²) in [5.41, 5.74) is 3.75. The summed E-state index contributed by atoms with van der Waals surface area (Å²) in [5.74, 6) is 0.491. The molecule has 0 fully saturated rings. The molecule has 0 aliphatic rings. The van der Waals surface area contributed by atoms with Crippen LogP contribution in [0.25, 0.3) is 22.2 Å². The van der Waals surface area contributed by atoms with Crippen molar-refractivity contribution in [2.75, 3.05) is 11.4 Å². The molecule has 0 spiro atoms. The summed E-state index contributed by atoms with van der Waals surface area (Å²) in [6.45, 7) is 6.61. The molecule has 1 heterocycles. The first-order valence-electron chi connectivity index (χ1n) is 11.3. The fraction of sp³-hybridized carbons (Fsp3) is 0.179. The van der Waals surface area contributed by atoms with Gasteiger partial charge in [-0.2, -0.15) is 0 Å². The van der Waals surface area contributed by atoms with Crippen molar-refractivity contribution in [3.63, 3.8) is 0 Å². The number of carbonyl (C=O) groups excluding carboxylic acids is 1. The van der Waals surface area contributed by atoms with Crippen molar-refractivity contribution >= 4 is 39.8 Å². The predicted molar refractivity (Wildman–Crippen MR) is 142 cm³/mol. The second-order valence-corrected chi connectivity index (χ2v) is 8.49. The molecule has 6 heteroatoms.